The van der Waals surface area contributed by atoms with E-state index in [9.17, 15) is 10.1 Å². The van der Waals surface area contributed by atoms with E-state index in [1.165, 1.54) is 0 Å². The highest BCUT2D eigenvalue weighted by Gasteiger charge is 2.72. The predicted octanol–water partition coefficient (Wildman–Crippen LogP) is 3.89. The van der Waals surface area contributed by atoms with E-state index in [4.69, 9.17) is 0 Å². The molecule has 2 aliphatic carbocycles. The Hall–Kier alpha value is -2.28. The molecule has 2 fully saturated rings. The standard InChI is InChI=1S/C18H19N3O/c1-12-8-13-4-7-20-15(13)9-14(12)21-16(22)18(11-19)10-17(18)5-2-3-6-17/h4,7-9,20H,2-3,5-6,10H2,1H3,(H,21,22). The van der Waals surface area contributed by atoms with Gasteiger partial charge in [0.1, 0.15) is 5.41 Å². The molecule has 22 heavy (non-hydrogen) atoms. The summed E-state index contributed by atoms with van der Waals surface area (Å²) in [6, 6.07) is 8.36. The molecule has 1 spiro atoms. The number of hydrogen-bond donors (Lipinski definition) is 2. The number of nitrogens with zero attached hydrogens (tertiary/aromatic N) is 1. The van der Waals surface area contributed by atoms with Gasteiger partial charge in [-0.25, -0.2) is 0 Å². The zero-order valence-electron chi connectivity index (χ0n) is 12.7. The lowest BCUT2D eigenvalue weighted by atomic mass is 9.91. The summed E-state index contributed by atoms with van der Waals surface area (Å²) in [6.07, 6.45) is 6.94. The Morgan fingerprint density at radius 2 is 2.14 bits per heavy atom. The fraction of sp³-hybridized carbons (Fsp3) is 0.444. The monoisotopic (exact) mass is 293 g/mol. The maximum atomic E-state index is 12.8. The van der Waals surface area contributed by atoms with Crippen molar-refractivity contribution in [3.63, 3.8) is 0 Å². The number of aromatic nitrogens is 1. The predicted molar refractivity (Wildman–Crippen MR) is 85.2 cm³/mol. The van der Waals surface area contributed by atoms with Crippen molar-refractivity contribution in [1.29, 1.82) is 5.26 Å². The van der Waals surface area contributed by atoms with E-state index >= 15 is 0 Å². The second-order valence-corrected chi connectivity index (χ2v) is 6.87. The van der Waals surface area contributed by atoms with Gasteiger partial charge in [-0.3, -0.25) is 4.79 Å². The normalized spacial score (nSPS) is 25.3. The molecule has 1 aromatic carbocycles. The maximum Gasteiger partial charge on any atom is 0.245 e. The van der Waals surface area contributed by atoms with E-state index in [2.05, 4.69) is 22.4 Å². The first-order chi connectivity index (χ1) is 10.6. The number of hydrogen-bond acceptors (Lipinski definition) is 2. The Kier molecular flexibility index (Phi) is 2.65. The van der Waals surface area contributed by atoms with Gasteiger partial charge >= 0.3 is 0 Å². The van der Waals surface area contributed by atoms with Gasteiger partial charge in [0.25, 0.3) is 0 Å². The van der Waals surface area contributed by atoms with Crippen LogP contribution in [0, 0.1) is 29.1 Å². The lowest BCUT2D eigenvalue weighted by molar-refractivity contribution is -0.120. The molecule has 2 saturated carbocycles. The SMILES string of the molecule is Cc1cc2cc[nH]c2cc1NC(=O)C1(C#N)CC12CCCC2. The first-order valence-corrected chi connectivity index (χ1v) is 7.91. The molecule has 4 heteroatoms. The van der Waals surface area contributed by atoms with Crippen LogP contribution in [0.4, 0.5) is 5.69 Å². The summed E-state index contributed by atoms with van der Waals surface area (Å²) < 4.78 is 0. The van der Waals surface area contributed by atoms with Gasteiger partial charge in [-0.2, -0.15) is 5.26 Å². The molecule has 1 amide bonds. The summed E-state index contributed by atoms with van der Waals surface area (Å²) in [5.41, 5.74) is 1.97. The van der Waals surface area contributed by atoms with Crippen LogP contribution >= 0.6 is 0 Å². The second-order valence-electron chi connectivity index (χ2n) is 6.87. The molecule has 4 rings (SSSR count). The van der Waals surface area contributed by atoms with Crippen molar-refractivity contribution in [3.8, 4) is 6.07 Å². The minimum absolute atomic E-state index is 0.0454. The molecule has 1 heterocycles. The number of H-pyrrole nitrogens is 1. The van der Waals surface area contributed by atoms with E-state index in [1.807, 2.05) is 25.3 Å². The first-order valence-electron chi connectivity index (χ1n) is 7.91. The first kappa shape index (κ1) is 13.4. The van der Waals surface area contributed by atoms with E-state index in [1.54, 1.807) is 0 Å². The molecule has 0 aliphatic heterocycles. The third kappa shape index (κ3) is 1.65. The molecule has 0 saturated heterocycles. The Morgan fingerprint density at radius 3 is 2.86 bits per heavy atom. The van der Waals surface area contributed by atoms with Gasteiger partial charge in [0.2, 0.25) is 5.91 Å². The lowest BCUT2D eigenvalue weighted by Crippen LogP contribution is -2.28. The summed E-state index contributed by atoms with van der Waals surface area (Å²) in [5.74, 6) is -0.120. The van der Waals surface area contributed by atoms with Gasteiger partial charge in [0.15, 0.2) is 0 Å². The van der Waals surface area contributed by atoms with Gasteiger partial charge in [-0.15, -0.1) is 0 Å². The van der Waals surface area contributed by atoms with Gasteiger partial charge in [0.05, 0.1) is 6.07 Å². The molecule has 0 bridgehead atoms. The molecule has 112 valence electrons. The van der Waals surface area contributed by atoms with Crippen molar-refractivity contribution >= 4 is 22.5 Å². The smallest absolute Gasteiger partial charge is 0.245 e. The van der Waals surface area contributed by atoms with Crippen LogP contribution < -0.4 is 5.32 Å². The molecule has 1 aromatic heterocycles. The molecule has 2 aliphatic rings. The highest BCUT2D eigenvalue weighted by Crippen LogP contribution is 2.71. The van der Waals surface area contributed by atoms with Crippen LogP contribution in [0.3, 0.4) is 0 Å². The number of benzene rings is 1. The van der Waals surface area contributed by atoms with Gasteiger partial charge in [-0.05, 0) is 55.3 Å². The molecular weight excluding hydrogens is 274 g/mol. The van der Waals surface area contributed by atoms with E-state index in [-0.39, 0.29) is 11.3 Å². The number of rotatable bonds is 2. The highest BCUT2D eigenvalue weighted by molar-refractivity contribution is 6.02. The second kappa shape index (κ2) is 4.36. The number of anilines is 1. The number of aryl methyl sites for hydroxylation is 1. The van der Waals surface area contributed by atoms with E-state index < -0.39 is 5.41 Å². The van der Waals surface area contributed by atoms with Crippen molar-refractivity contribution in [2.45, 2.75) is 39.0 Å². The zero-order chi connectivity index (χ0) is 15.4. The van der Waals surface area contributed by atoms with Crippen LogP contribution in [-0.2, 0) is 4.79 Å². The summed E-state index contributed by atoms with van der Waals surface area (Å²) in [7, 11) is 0. The van der Waals surface area contributed by atoms with Crippen LogP contribution in [-0.4, -0.2) is 10.9 Å². The maximum absolute atomic E-state index is 12.8. The van der Waals surface area contributed by atoms with Crippen LogP contribution in [0.15, 0.2) is 24.4 Å². The Labute approximate surface area is 129 Å². The van der Waals surface area contributed by atoms with Crippen molar-refractivity contribution < 1.29 is 4.79 Å². The summed E-state index contributed by atoms with van der Waals surface area (Å²) >= 11 is 0. The quantitative estimate of drug-likeness (QED) is 0.882. The Balaban J connectivity index is 1.64. The summed E-state index contributed by atoms with van der Waals surface area (Å²) in [4.78, 5) is 15.9. The third-order valence-electron chi connectivity index (χ3n) is 5.67. The lowest BCUT2D eigenvalue weighted by Gasteiger charge is -2.16. The van der Waals surface area contributed by atoms with Crippen LogP contribution in [0.25, 0.3) is 10.9 Å². The van der Waals surface area contributed by atoms with E-state index in [0.29, 0.717) is 0 Å². The average Bonchev–Trinajstić information content (AvgIpc) is 2.83. The number of aromatic amines is 1. The van der Waals surface area contributed by atoms with Gasteiger partial charge < -0.3 is 10.3 Å². The number of nitrogens with one attached hydrogen (secondary N) is 2. The van der Waals surface area contributed by atoms with E-state index in [0.717, 1.165) is 54.3 Å². The summed E-state index contributed by atoms with van der Waals surface area (Å²) in [5, 5.41) is 13.8. The van der Waals surface area contributed by atoms with Crippen LogP contribution in [0.1, 0.15) is 37.7 Å². The largest absolute Gasteiger partial charge is 0.361 e. The number of carbonyl (C=O) groups is 1. The number of nitriles is 1. The third-order valence-corrected chi connectivity index (χ3v) is 5.67. The highest BCUT2D eigenvalue weighted by atomic mass is 16.2. The summed E-state index contributed by atoms with van der Waals surface area (Å²) in [6.45, 7) is 1.99. The zero-order valence-corrected chi connectivity index (χ0v) is 12.7. The Bertz CT molecular complexity index is 807. The van der Waals surface area contributed by atoms with Crippen molar-refractivity contribution in [1.82, 2.24) is 4.98 Å². The molecular formula is C18H19N3O. The molecule has 1 unspecified atom stereocenters. The van der Waals surface area contributed by atoms with Crippen molar-refractivity contribution in [2.75, 3.05) is 5.32 Å². The van der Waals surface area contributed by atoms with Crippen LogP contribution in [0.5, 0.6) is 0 Å². The number of amides is 1. The Morgan fingerprint density at radius 1 is 1.36 bits per heavy atom. The van der Waals surface area contributed by atoms with Gasteiger partial charge in [-0.1, -0.05) is 12.8 Å². The fourth-order valence-electron chi connectivity index (χ4n) is 4.23. The number of carbonyl (C=O) groups excluding carboxylic acids is 1. The van der Waals surface area contributed by atoms with Crippen molar-refractivity contribution in [2.24, 2.45) is 10.8 Å². The minimum Gasteiger partial charge on any atom is -0.361 e. The van der Waals surface area contributed by atoms with Gasteiger partial charge in [0, 0.05) is 22.8 Å². The van der Waals surface area contributed by atoms with Crippen molar-refractivity contribution in [3.05, 3.63) is 30.0 Å². The molecule has 1 atom stereocenters. The fourth-order valence-corrected chi connectivity index (χ4v) is 4.23. The molecule has 2 N–H and O–H groups in total. The van der Waals surface area contributed by atoms with Crippen LogP contribution in [0.2, 0.25) is 0 Å². The number of fused-ring (bicyclic) bond motifs is 1. The molecule has 2 aromatic rings. The minimum atomic E-state index is -0.805. The molecule has 4 nitrogen and oxygen atoms in total. The molecule has 0 radical (unpaired) electrons. The average molecular weight is 293 g/mol. The topological polar surface area (TPSA) is 68.7 Å².